The summed E-state index contributed by atoms with van der Waals surface area (Å²) in [5.74, 6) is 3.13. The molecule has 2 aromatic rings. The minimum absolute atomic E-state index is 0.0671. The number of benzene rings is 2. The lowest BCUT2D eigenvalue weighted by molar-refractivity contribution is 0.324. The van der Waals surface area contributed by atoms with E-state index in [1.807, 2.05) is 30.3 Å². The number of rotatable bonds is 8. The van der Waals surface area contributed by atoms with Crippen LogP contribution in [0.15, 0.2) is 36.9 Å². The molecule has 6 heteroatoms. The zero-order valence-corrected chi connectivity index (χ0v) is 20.6. The summed E-state index contributed by atoms with van der Waals surface area (Å²) in [5.41, 5.74) is 2.52. The molecule has 0 saturated heterocycles. The summed E-state index contributed by atoms with van der Waals surface area (Å²) in [7, 11) is 4.40. The molecule has 0 aliphatic rings. The van der Waals surface area contributed by atoms with Gasteiger partial charge in [0.15, 0.2) is 17.2 Å². The van der Waals surface area contributed by atoms with E-state index < -0.39 is 8.32 Å². The third-order valence-corrected chi connectivity index (χ3v) is 10.1. The van der Waals surface area contributed by atoms with Crippen LogP contribution in [-0.2, 0) is 0 Å². The molecular formula is C24H34O5Si. The summed E-state index contributed by atoms with van der Waals surface area (Å²) in [6.45, 7) is 15.4. The zero-order valence-electron chi connectivity index (χ0n) is 19.6. The maximum Gasteiger partial charge on any atom is 0.250 e. The molecule has 0 aromatic heterocycles. The van der Waals surface area contributed by atoms with Gasteiger partial charge in [0.1, 0.15) is 5.75 Å². The lowest BCUT2D eigenvalue weighted by atomic mass is 9.97. The van der Waals surface area contributed by atoms with Crippen molar-refractivity contribution in [2.45, 2.75) is 38.9 Å². The minimum atomic E-state index is -2.05. The van der Waals surface area contributed by atoms with Gasteiger partial charge in [-0.3, -0.25) is 0 Å². The minimum Gasteiger partial charge on any atom is -0.541 e. The van der Waals surface area contributed by atoms with Gasteiger partial charge in [-0.05, 0) is 53.5 Å². The van der Waals surface area contributed by atoms with Gasteiger partial charge in [0, 0.05) is 5.56 Å². The maximum absolute atomic E-state index is 6.55. The van der Waals surface area contributed by atoms with Crippen molar-refractivity contribution in [3.05, 3.63) is 48.0 Å². The standard InChI is InChI=1S/C24H34O5Si/c1-16(18-12-14-20(26-6)23(28-8)22(18)27-7)17-11-13-19(25-5)21(15-17)29-30(9,10)24(2,3)4/h11-15H,1H2,2-10H3. The zero-order chi connectivity index (χ0) is 22.7. The van der Waals surface area contributed by atoms with Crippen molar-refractivity contribution < 1.29 is 23.4 Å². The molecule has 0 unspecified atom stereocenters. The first kappa shape index (κ1) is 23.7. The van der Waals surface area contributed by atoms with E-state index in [0.29, 0.717) is 23.0 Å². The Balaban J connectivity index is 2.54. The van der Waals surface area contributed by atoms with E-state index in [4.69, 9.17) is 23.4 Å². The molecule has 5 nitrogen and oxygen atoms in total. The predicted octanol–water partition coefficient (Wildman–Crippen LogP) is 6.17. The van der Waals surface area contributed by atoms with Gasteiger partial charge in [-0.25, -0.2) is 0 Å². The van der Waals surface area contributed by atoms with Crippen molar-refractivity contribution >= 4 is 13.9 Å². The fourth-order valence-corrected chi connectivity index (χ4v) is 3.88. The average molecular weight is 431 g/mol. The Labute approximate surface area is 181 Å². The molecule has 0 amide bonds. The molecule has 30 heavy (non-hydrogen) atoms. The van der Waals surface area contributed by atoms with E-state index in [2.05, 4.69) is 40.4 Å². The highest BCUT2D eigenvalue weighted by molar-refractivity contribution is 6.74. The Kier molecular flexibility index (Phi) is 7.13. The largest absolute Gasteiger partial charge is 0.541 e. The van der Waals surface area contributed by atoms with Crippen LogP contribution in [0, 0.1) is 0 Å². The smallest absolute Gasteiger partial charge is 0.250 e. The Morgan fingerprint density at radius 1 is 0.767 bits per heavy atom. The predicted molar refractivity (Wildman–Crippen MR) is 125 cm³/mol. The van der Waals surface area contributed by atoms with Crippen LogP contribution >= 0.6 is 0 Å². The van der Waals surface area contributed by atoms with Crippen LogP contribution in [0.1, 0.15) is 31.9 Å². The second-order valence-corrected chi connectivity index (χ2v) is 13.3. The van der Waals surface area contributed by atoms with Gasteiger partial charge in [-0.2, -0.15) is 0 Å². The van der Waals surface area contributed by atoms with Crippen molar-refractivity contribution in [3.8, 4) is 28.7 Å². The molecule has 0 radical (unpaired) electrons. The summed E-state index contributed by atoms with van der Waals surface area (Å²) in [6, 6.07) is 9.63. The van der Waals surface area contributed by atoms with Crippen molar-refractivity contribution in [2.75, 3.05) is 28.4 Å². The number of ether oxygens (including phenoxy) is 4. The van der Waals surface area contributed by atoms with Gasteiger partial charge >= 0.3 is 0 Å². The molecule has 2 aromatic carbocycles. The second kappa shape index (κ2) is 9.04. The van der Waals surface area contributed by atoms with Crippen molar-refractivity contribution in [1.29, 1.82) is 0 Å². The van der Waals surface area contributed by atoms with Gasteiger partial charge in [-0.1, -0.05) is 33.4 Å². The highest BCUT2D eigenvalue weighted by atomic mass is 28.4. The molecule has 2 rings (SSSR count). The Bertz CT molecular complexity index is 913. The molecule has 0 aliphatic heterocycles. The molecule has 0 spiro atoms. The summed E-state index contributed by atoms with van der Waals surface area (Å²) < 4.78 is 28.7. The average Bonchev–Trinajstić information content (AvgIpc) is 2.70. The van der Waals surface area contributed by atoms with Gasteiger partial charge in [0.05, 0.1) is 28.4 Å². The normalized spacial score (nSPS) is 11.6. The Morgan fingerprint density at radius 2 is 1.33 bits per heavy atom. The van der Waals surface area contributed by atoms with Crippen molar-refractivity contribution in [3.63, 3.8) is 0 Å². The van der Waals surface area contributed by atoms with Crippen LogP contribution < -0.4 is 23.4 Å². The number of hydrogen-bond acceptors (Lipinski definition) is 5. The molecular weight excluding hydrogens is 396 g/mol. The van der Waals surface area contributed by atoms with Gasteiger partial charge in [-0.15, -0.1) is 0 Å². The van der Waals surface area contributed by atoms with E-state index in [0.717, 1.165) is 22.4 Å². The molecule has 0 bridgehead atoms. The monoisotopic (exact) mass is 430 g/mol. The SMILES string of the molecule is C=C(c1ccc(OC)c(O[Si](C)(C)C(C)(C)C)c1)c1ccc(OC)c(OC)c1OC. The van der Waals surface area contributed by atoms with Crippen LogP contribution in [0.4, 0.5) is 0 Å². The Morgan fingerprint density at radius 3 is 1.83 bits per heavy atom. The quantitative estimate of drug-likeness (QED) is 0.469. The molecule has 0 N–H and O–H groups in total. The van der Waals surface area contributed by atoms with Crippen LogP contribution in [-0.4, -0.2) is 36.8 Å². The summed E-state index contributed by atoms with van der Waals surface area (Å²) in [6.07, 6.45) is 0. The highest BCUT2D eigenvalue weighted by Crippen LogP contribution is 2.45. The third-order valence-electron chi connectivity index (χ3n) is 5.71. The first-order chi connectivity index (χ1) is 14.0. The molecule has 0 heterocycles. The lowest BCUT2D eigenvalue weighted by Crippen LogP contribution is -2.43. The fourth-order valence-electron chi connectivity index (χ4n) is 2.87. The van der Waals surface area contributed by atoms with E-state index in [9.17, 15) is 0 Å². The molecule has 0 atom stereocenters. The van der Waals surface area contributed by atoms with Gasteiger partial charge < -0.3 is 23.4 Å². The summed E-state index contributed by atoms with van der Waals surface area (Å²) >= 11 is 0. The van der Waals surface area contributed by atoms with Crippen LogP contribution in [0.2, 0.25) is 18.1 Å². The lowest BCUT2D eigenvalue weighted by Gasteiger charge is -2.37. The van der Waals surface area contributed by atoms with Gasteiger partial charge in [0.25, 0.3) is 8.32 Å². The first-order valence-electron chi connectivity index (χ1n) is 9.86. The first-order valence-corrected chi connectivity index (χ1v) is 12.8. The van der Waals surface area contributed by atoms with Crippen molar-refractivity contribution in [1.82, 2.24) is 0 Å². The number of hydrogen-bond donors (Lipinski definition) is 0. The van der Waals surface area contributed by atoms with E-state index in [-0.39, 0.29) is 5.04 Å². The van der Waals surface area contributed by atoms with E-state index in [1.54, 1.807) is 28.4 Å². The Hall–Kier alpha value is -2.60. The second-order valence-electron chi connectivity index (χ2n) is 8.59. The molecule has 164 valence electrons. The van der Waals surface area contributed by atoms with E-state index in [1.165, 1.54) is 0 Å². The topological polar surface area (TPSA) is 46.2 Å². The van der Waals surface area contributed by atoms with Crippen LogP contribution in [0.25, 0.3) is 5.57 Å². The molecule has 0 fully saturated rings. The summed E-state index contributed by atoms with van der Waals surface area (Å²) in [5, 5.41) is 0.0671. The summed E-state index contributed by atoms with van der Waals surface area (Å²) in [4.78, 5) is 0. The number of methoxy groups -OCH3 is 4. The highest BCUT2D eigenvalue weighted by Gasteiger charge is 2.39. The van der Waals surface area contributed by atoms with E-state index >= 15 is 0 Å². The van der Waals surface area contributed by atoms with Gasteiger partial charge in [0.2, 0.25) is 5.75 Å². The van der Waals surface area contributed by atoms with Crippen LogP contribution in [0.5, 0.6) is 28.7 Å². The third kappa shape index (κ3) is 4.59. The maximum atomic E-state index is 6.55. The van der Waals surface area contributed by atoms with Crippen LogP contribution in [0.3, 0.4) is 0 Å². The van der Waals surface area contributed by atoms with Crippen molar-refractivity contribution in [2.24, 2.45) is 0 Å². The molecule has 0 saturated carbocycles. The fraction of sp³-hybridized carbons (Fsp3) is 0.417. The molecule has 0 aliphatic carbocycles.